The number of aliphatic carboxylic acids is 1. The minimum absolute atomic E-state index is 0.682. The molecule has 1 heterocycles. The van der Waals surface area contributed by atoms with Gasteiger partial charge in [-0.1, -0.05) is 19.3 Å². The number of carboxylic acid groups (broad SMARTS) is 1. The molecule has 20 heavy (non-hydrogen) atoms. The minimum Gasteiger partial charge on any atom is -0.496 e. The quantitative estimate of drug-likeness (QED) is 0.900. The third-order valence-corrected chi connectivity index (χ3v) is 4.51. The van der Waals surface area contributed by atoms with E-state index in [-0.39, 0.29) is 0 Å². The van der Waals surface area contributed by atoms with Crippen LogP contribution in [0.15, 0.2) is 24.4 Å². The number of hydrogen-bond acceptors (Lipinski definition) is 2. The van der Waals surface area contributed by atoms with Gasteiger partial charge in [-0.15, -0.1) is 0 Å². The molecule has 0 bridgehead atoms. The number of carboxylic acids is 1. The Hall–Kier alpha value is -1.97. The van der Waals surface area contributed by atoms with Gasteiger partial charge in [0.1, 0.15) is 5.75 Å². The maximum atomic E-state index is 12.0. The van der Waals surface area contributed by atoms with Crippen LogP contribution in [0.3, 0.4) is 0 Å². The van der Waals surface area contributed by atoms with Gasteiger partial charge < -0.3 is 14.8 Å². The van der Waals surface area contributed by atoms with Gasteiger partial charge in [-0.25, -0.2) is 0 Å². The highest BCUT2D eigenvalue weighted by Gasteiger charge is 2.44. The first-order chi connectivity index (χ1) is 9.69. The lowest BCUT2D eigenvalue weighted by atomic mass is 9.68. The number of H-pyrrole nitrogens is 1. The summed E-state index contributed by atoms with van der Waals surface area (Å²) in [5.74, 6) is -0.0504. The monoisotopic (exact) mass is 273 g/mol. The van der Waals surface area contributed by atoms with E-state index in [1.165, 1.54) is 0 Å². The molecule has 0 saturated heterocycles. The molecule has 0 spiro atoms. The molecule has 0 aliphatic heterocycles. The number of hydrogen-bond donors (Lipinski definition) is 2. The average Bonchev–Trinajstić information content (AvgIpc) is 2.94. The van der Waals surface area contributed by atoms with Crippen molar-refractivity contribution in [1.29, 1.82) is 0 Å². The van der Waals surface area contributed by atoms with E-state index in [1.54, 1.807) is 7.11 Å². The summed E-state index contributed by atoms with van der Waals surface area (Å²) in [6.07, 6.45) is 6.24. The summed E-state index contributed by atoms with van der Waals surface area (Å²) in [4.78, 5) is 15.2. The van der Waals surface area contributed by atoms with Gasteiger partial charge in [0.15, 0.2) is 0 Å². The highest BCUT2D eigenvalue weighted by molar-refractivity contribution is 5.94. The molecule has 0 amide bonds. The van der Waals surface area contributed by atoms with Crippen LogP contribution in [-0.2, 0) is 10.2 Å². The fraction of sp³-hybridized carbons (Fsp3) is 0.438. The van der Waals surface area contributed by atoms with Crippen LogP contribution in [0.25, 0.3) is 10.9 Å². The molecule has 1 saturated carbocycles. The third-order valence-electron chi connectivity index (χ3n) is 4.51. The number of benzene rings is 1. The first-order valence-electron chi connectivity index (χ1n) is 7.07. The minimum atomic E-state index is -0.814. The van der Waals surface area contributed by atoms with Crippen LogP contribution in [0.1, 0.15) is 37.7 Å². The van der Waals surface area contributed by atoms with Crippen molar-refractivity contribution >= 4 is 16.9 Å². The van der Waals surface area contributed by atoms with Crippen LogP contribution in [0.4, 0.5) is 0 Å². The van der Waals surface area contributed by atoms with Gasteiger partial charge in [0.25, 0.3) is 0 Å². The van der Waals surface area contributed by atoms with Crippen molar-refractivity contribution in [2.75, 3.05) is 7.11 Å². The third kappa shape index (κ3) is 1.79. The lowest BCUT2D eigenvalue weighted by molar-refractivity contribution is -0.145. The standard InChI is InChI=1S/C16H19NO3/c1-20-13-6-5-12-11(7-10-17-12)14(13)16(15(18)19)8-3-2-4-9-16/h5-7,10,17H,2-4,8-9H2,1H3,(H,18,19). The largest absolute Gasteiger partial charge is 0.496 e. The summed E-state index contributed by atoms with van der Waals surface area (Å²) >= 11 is 0. The maximum absolute atomic E-state index is 12.0. The highest BCUT2D eigenvalue weighted by atomic mass is 16.5. The zero-order chi connectivity index (χ0) is 14.2. The van der Waals surface area contributed by atoms with E-state index < -0.39 is 11.4 Å². The Kier molecular flexibility index (Phi) is 3.16. The number of rotatable bonds is 3. The van der Waals surface area contributed by atoms with Crippen LogP contribution < -0.4 is 4.74 Å². The van der Waals surface area contributed by atoms with E-state index in [0.29, 0.717) is 18.6 Å². The number of aromatic nitrogens is 1. The fourth-order valence-corrected chi connectivity index (χ4v) is 3.50. The normalized spacial score (nSPS) is 18.1. The van der Waals surface area contributed by atoms with Crippen LogP contribution in [0, 0.1) is 0 Å². The van der Waals surface area contributed by atoms with Gasteiger partial charge >= 0.3 is 5.97 Å². The van der Waals surface area contributed by atoms with Gasteiger partial charge in [-0.3, -0.25) is 4.79 Å². The summed E-state index contributed by atoms with van der Waals surface area (Å²) in [6, 6.07) is 5.76. The summed E-state index contributed by atoms with van der Waals surface area (Å²) < 4.78 is 5.47. The fourth-order valence-electron chi connectivity index (χ4n) is 3.50. The van der Waals surface area contributed by atoms with Crippen molar-refractivity contribution in [3.63, 3.8) is 0 Å². The molecule has 1 aromatic heterocycles. The predicted molar refractivity (Wildman–Crippen MR) is 77.2 cm³/mol. The highest BCUT2D eigenvalue weighted by Crippen LogP contribution is 2.46. The van der Waals surface area contributed by atoms with Crippen molar-refractivity contribution in [1.82, 2.24) is 4.98 Å². The van der Waals surface area contributed by atoms with Gasteiger partial charge in [-0.05, 0) is 31.0 Å². The second kappa shape index (κ2) is 4.85. The van der Waals surface area contributed by atoms with Crippen molar-refractivity contribution in [2.45, 2.75) is 37.5 Å². The Balaban J connectivity index is 2.29. The Morgan fingerprint density at radius 3 is 2.65 bits per heavy atom. The van der Waals surface area contributed by atoms with E-state index >= 15 is 0 Å². The summed E-state index contributed by atoms with van der Waals surface area (Å²) in [5, 5.41) is 10.9. The lowest BCUT2D eigenvalue weighted by Gasteiger charge is -2.35. The maximum Gasteiger partial charge on any atom is 0.314 e. The molecule has 4 heteroatoms. The lowest BCUT2D eigenvalue weighted by Crippen LogP contribution is -2.38. The summed E-state index contributed by atoms with van der Waals surface area (Å²) in [5.41, 5.74) is 0.989. The molecular formula is C16H19NO3. The van der Waals surface area contributed by atoms with E-state index in [1.807, 2.05) is 24.4 Å². The molecule has 3 rings (SSSR count). The molecular weight excluding hydrogens is 254 g/mol. The molecule has 0 radical (unpaired) electrons. The van der Waals surface area contributed by atoms with Gasteiger partial charge in [-0.2, -0.15) is 0 Å². The Morgan fingerprint density at radius 2 is 2.00 bits per heavy atom. The number of methoxy groups -OCH3 is 1. The second-order valence-corrected chi connectivity index (χ2v) is 5.53. The van der Waals surface area contributed by atoms with Crippen LogP contribution >= 0.6 is 0 Å². The van der Waals surface area contributed by atoms with Gasteiger partial charge in [0, 0.05) is 22.7 Å². The number of fused-ring (bicyclic) bond motifs is 1. The molecule has 1 fully saturated rings. The summed E-state index contributed by atoms with van der Waals surface area (Å²) in [7, 11) is 1.61. The van der Waals surface area contributed by atoms with E-state index in [9.17, 15) is 9.90 Å². The Labute approximate surface area is 117 Å². The molecule has 4 nitrogen and oxygen atoms in total. The Morgan fingerprint density at radius 1 is 1.25 bits per heavy atom. The number of carbonyl (C=O) groups is 1. The topological polar surface area (TPSA) is 62.3 Å². The zero-order valence-corrected chi connectivity index (χ0v) is 11.6. The van der Waals surface area contributed by atoms with Gasteiger partial charge in [0.2, 0.25) is 0 Å². The van der Waals surface area contributed by atoms with Crippen molar-refractivity contribution in [2.24, 2.45) is 0 Å². The van der Waals surface area contributed by atoms with Crippen LogP contribution in [0.5, 0.6) is 5.75 Å². The average molecular weight is 273 g/mol. The predicted octanol–water partition coefficient (Wildman–Crippen LogP) is 3.46. The molecule has 106 valence electrons. The molecule has 0 unspecified atom stereocenters. The van der Waals surface area contributed by atoms with Crippen LogP contribution in [0.2, 0.25) is 0 Å². The van der Waals surface area contributed by atoms with E-state index in [4.69, 9.17) is 4.74 Å². The molecule has 0 atom stereocenters. The molecule has 2 aromatic rings. The first-order valence-corrected chi connectivity index (χ1v) is 7.07. The molecule has 1 aliphatic rings. The number of nitrogens with one attached hydrogen (secondary N) is 1. The molecule has 1 aliphatic carbocycles. The zero-order valence-electron chi connectivity index (χ0n) is 11.6. The second-order valence-electron chi connectivity index (χ2n) is 5.53. The van der Waals surface area contributed by atoms with Crippen molar-refractivity contribution < 1.29 is 14.6 Å². The van der Waals surface area contributed by atoms with E-state index in [0.717, 1.165) is 35.7 Å². The van der Waals surface area contributed by atoms with Gasteiger partial charge in [0.05, 0.1) is 12.5 Å². The molecule has 2 N–H and O–H groups in total. The first kappa shape index (κ1) is 13.0. The molecule has 1 aromatic carbocycles. The SMILES string of the molecule is COc1ccc2[nH]ccc2c1C1(C(=O)O)CCCCC1. The number of aromatic amines is 1. The Bertz CT molecular complexity index is 638. The van der Waals surface area contributed by atoms with Crippen molar-refractivity contribution in [3.8, 4) is 5.75 Å². The smallest absolute Gasteiger partial charge is 0.314 e. The summed E-state index contributed by atoms with van der Waals surface area (Å²) in [6.45, 7) is 0. The van der Waals surface area contributed by atoms with Crippen LogP contribution in [-0.4, -0.2) is 23.2 Å². The van der Waals surface area contributed by atoms with Crippen molar-refractivity contribution in [3.05, 3.63) is 30.0 Å². The number of ether oxygens (including phenoxy) is 1. The van der Waals surface area contributed by atoms with E-state index in [2.05, 4.69) is 4.98 Å².